The van der Waals surface area contributed by atoms with Crippen molar-refractivity contribution < 1.29 is 14.2 Å². The van der Waals surface area contributed by atoms with Gasteiger partial charge in [-0.3, -0.25) is 0 Å². The van der Waals surface area contributed by atoms with Crippen molar-refractivity contribution in [3.8, 4) is 28.4 Å². The summed E-state index contributed by atoms with van der Waals surface area (Å²) >= 11 is 0. The first-order chi connectivity index (χ1) is 19.2. The van der Waals surface area contributed by atoms with Gasteiger partial charge < -0.3 is 14.2 Å². The van der Waals surface area contributed by atoms with Crippen LogP contribution in [0.25, 0.3) is 22.2 Å². The molecule has 0 radical (unpaired) electrons. The second kappa shape index (κ2) is 9.44. The molecule has 7 heteroatoms. The molecule has 1 atom stereocenters. The molecule has 5 aromatic rings. The molecule has 1 unspecified atom stereocenters. The van der Waals surface area contributed by atoms with Crippen molar-refractivity contribution in [3.63, 3.8) is 0 Å². The molecule has 0 N–H and O–H groups in total. The van der Waals surface area contributed by atoms with Crippen LogP contribution in [-0.2, 0) is 0 Å². The highest BCUT2D eigenvalue weighted by molar-refractivity contribution is 6.04. The van der Waals surface area contributed by atoms with E-state index in [9.17, 15) is 0 Å². The number of ether oxygens (including phenoxy) is 3. The van der Waals surface area contributed by atoms with E-state index in [1.54, 1.807) is 13.3 Å². The number of nitrogens with zero attached hydrogens (tertiary/aromatic N) is 4. The Kier molecular flexibility index (Phi) is 5.62. The molecule has 2 aliphatic rings. The van der Waals surface area contributed by atoms with Crippen molar-refractivity contribution in [2.75, 3.05) is 18.9 Å². The number of hydrogen-bond donors (Lipinski definition) is 0. The standard InChI is InChI=1S/C32H26N4O3/c1-20-5-7-22(8-6-20)27-18-28(23-11-14-29-30(17-23)39-19-38-29)36(35-27)32-26(21-9-12-25(37-2)13-10-21)16-24-4-3-15-33-31(24)34-32/h3-17,28H,18-19H2,1-2H3. The normalized spacial score (nSPS) is 16.0. The van der Waals surface area contributed by atoms with Crippen molar-refractivity contribution in [3.05, 3.63) is 108 Å². The minimum Gasteiger partial charge on any atom is -0.497 e. The number of anilines is 1. The molecule has 0 fully saturated rings. The van der Waals surface area contributed by atoms with E-state index in [1.165, 1.54) is 5.56 Å². The van der Waals surface area contributed by atoms with Crippen molar-refractivity contribution in [1.82, 2.24) is 9.97 Å². The second-order valence-electron chi connectivity index (χ2n) is 9.73. The third-order valence-electron chi connectivity index (χ3n) is 7.26. The lowest BCUT2D eigenvalue weighted by atomic mass is 9.97. The highest BCUT2D eigenvalue weighted by atomic mass is 16.7. The second-order valence-corrected chi connectivity index (χ2v) is 9.73. The van der Waals surface area contributed by atoms with Gasteiger partial charge in [0.25, 0.3) is 0 Å². The maximum Gasteiger partial charge on any atom is 0.231 e. The smallest absolute Gasteiger partial charge is 0.231 e. The van der Waals surface area contributed by atoms with Crippen molar-refractivity contribution in [2.24, 2.45) is 5.10 Å². The number of rotatable bonds is 5. The fraction of sp³-hybridized carbons (Fsp3) is 0.156. The Balaban J connectivity index is 1.41. The van der Waals surface area contributed by atoms with Crippen molar-refractivity contribution >= 4 is 22.6 Å². The molecule has 4 heterocycles. The largest absolute Gasteiger partial charge is 0.497 e. The summed E-state index contributed by atoms with van der Waals surface area (Å²) in [6.45, 7) is 2.33. The van der Waals surface area contributed by atoms with Crippen molar-refractivity contribution in [1.29, 1.82) is 0 Å². The van der Waals surface area contributed by atoms with Crippen LogP contribution in [0.15, 0.2) is 96.2 Å². The van der Waals surface area contributed by atoms with E-state index in [1.807, 2.05) is 35.3 Å². The van der Waals surface area contributed by atoms with Crippen LogP contribution < -0.4 is 19.2 Å². The Bertz CT molecular complexity index is 1720. The number of hydrazone groups is 1. The van der Waals surface area contributed by atoms with E-state index in [2.05, 4.69) is 66.5 Å². The fourth-order valence-electron chi connectivity index (χ4n) is 5.16. The van der Waals surface area contributed by atoms with E-state index in [0.717, 1.165) is 56.4 Å². The van der Waals surface area contributed by atoms with Gasteiger partial charge in [-0.2, -0.15) is 5.10 Å². The Morgan fingerprint density at radius 2 is 1.67 bits per heavy atom. The third kappa shape index (κ3) is 4.22. The Hall–Kier alpha value is -4.91. The van der Waals surface area contributed by atoms with Gasteiger partial charge in [0.05, 0.1) is 18.9 Å². The van der Waals surface area contributed by atoms with Crippen LogP contribution in [-0.4, -0.2) is 29.6 Å². The molecule has 7 rings (SSSR count). The van der Waals surface area contributed by atoms with Crippen LogP contribution in [0.3, 0.4) is 0 Å². The van der Waals surface area contributed by atoms with Crippen LogP contribution in [0.5, 0.6) is 17.2 Å². The van der Waals surface area contributed by atoms with Crippen molar-refractivity contribution in [2.45, 2.75) is 19.4 Å². The maximum absolute atomic E-state index is 5.72. The third-order valence-corrected chi connectivity index (χ3v) is 7.26. The summed E-state index contributed by atoms with van der Waals surface area (Å²) in [7, 11) is 1.67. The molecule has 0 saturated heterocycles. The molecular formula is C32H26N4O3. The Morgan fingerprint density at radius 3 is 2.49 bits per heavy atom. The predicted octanol–water partition coefficient (Wildman–Crippen LogP) is 6.70. The number of hydrogen-bond acceptors (Lipinski definition) is 7. The summed E-state index contributed by atoms with van der Waals surface area (Å²) < 4.78 is 16.7. The highest BCUT2D eigenvalue weighted by Gasteiger charge is 2.33. The number of benzene rings is 3. The molecule has 0 saturated carbocycles. The van der Waals surface area contributed by atoms with Gasteiger partial charge in [0.15, 0.2) is 23.0 Å². The SMILES string of the molecule is COc1ccc(-c2cc3cccnc3nc2N2N=C(c3ccc(C)cc3)CC2c2ccc3c(c2)OCO3)cc1. The van der Waals surface area contributed by atoms with Crippen LogP contribution >= 0.6 is 0 Å². The number of fused-ring (bicyclic) bond motifs is 2. The minimum absolute atomic E-state index is 0.0959. The molecule has 0 spiro atoms. The molecule has 7 nitrogen and oxygen atoms in total. The van der Waals surface area contributed by atoms with E-state index in [0.29, 0.717) is 12.1 Å². The Labute approximate surface area is 226 Å². The molecule has 192 valence electrons. The fourth-order valence-corrected chi connectivity index (χ4v) is 5.16. The van der Waals surface area contributed by atoms with Gasteiger partial charge in [-0.15, -0.1) is 0 Å². The minimum atomic E-state index is -0.0959. The van der Waals surface area contributed by atoms with E-state index < -0.39 is 0 Å². The van der Waals surface area contributed by atoms with E-state index in [4.69, 9.17) is 24.3 Å². The quantitative estimate of drug-likeness (QED) is 0.260. The zero-order valence-electron chi connectivity index (χ0n) is 21.7. The number of aryl methyl sites for hydroxylation is 1. The van der Waals surface area contributed by atoms with Gasteiger partial charge in [-0.25, -0.2) is 15.0 Å². The van der Waals surface area contributed by atoms with Gasteiger partial charge in [0.2, 0.25) is 6.79 Å². The monoisotopic (exact) mass is 514 g/mol. The van der Waals surface area contributed by atoms with Crippen LogP contribution in [0.2, 0.25) is 0 Å². The van der Waals surface area contributed by atoms with Crippen LogP contribution in [0.1, 0.15) is 29.2 Å². The summed E-state index contributed by atoms with van der Waals surface area (Å²) in [6.07, 6.45) is 2.49. The summed E-state index contributed by atoms with van der Waals surface area (Å²) in [5.74, 6) is 3.06. The number of methoxy groups -OCH3 is 1. The van der Waals surface area contributed by atoms with Gasteiger partial charge in [-0.1, -0.05) is 48.0 Å². The molecule has 0 amide bonds. The topological polar surface area (TPSA) is 69.1 Å². The summed E-state index contributed by atoms with van der Waals surface area (Å²) in [4.78, 5) is 9.65. The maximum atomic E-state index is 5.72. The zero-order chi connectivity index (χ0) is 26.3. The van der Waals surface area contributed by atoms with Crippen LogP contribution in [0, 0.1) is 6.92 Å². The van der Waals surface area contributed by atoms with Gasteiger partial charge in [0, 0.05) is 23.6 Å². The molecule has 0 bridgehead atoms. The zero-order valence-corrected chi connectivity index (χ0v) is 21.7. The lowest BCUT2D eigenvalue weighted by molar-refractivity contribution is 0.174. The average molecular weight is 515 g/mol. The first-order valence-electron chi connectivity index (χ1n) is 12.9. The lowest BCUT2D eigenvalue weighted by Crippen LogP contribution is -2.20. The lowest BCUT2D eigenvalue weighted by Gasteiger charge is -2.25. The molecular weight excluding hydrogens is 488 g/mol. The van der Waals surface area contributed by atoms with Gasteiger partial charge in [-0.05, 0) is 66.1 Å². The summed E-state index contributed by atoms with van der Waals surface area (Å²) in [6, 6.07) is 28.7. The summed E-state index contributed by atoms with van der Waals surface area (Å²) in [5, 5.41) is 8.21. The molecule has 0 aliphatic carbocycles. The van der Waals surface area contributed by atoms with Gasteiger partial charge >= 0.3 is 0 Å². The summed E-state index contributed by atoms with van der Waals surface area (Å²) in [5.41, 5.74) is 7.05. The first-order valence-corrected chi connectivity index (χ1v) is 12.9. The van der Waals surface area contributed by atoms with Gasteiger partial charge in [0.1, 0.15) is 5.75 Å². The molecule has 39 heavy (non-hydrogen) atoms. The average Bonchev–Trinajstić information content (AvgIpc) is 3.64. The Morgan fingerprint density at radius 1 is 0.872 bits per heavy atom. The van der Waals surface area contributed by atoms with Crippen LogP contribution in [0.4, 0.5) is 5.82 Å². The highest BCUT2D eigenvalue weighted by Crippen LogP contribution is 2.44. The first kappa shape index (κ1) is 23.2. The molecule has 2 aromatic heterocycles. The van der Waals surface area contributed by atoms with E-state index >= 15 is 0 Å². The molecule has 3 aromatic carbocycles. The number of pyridine rings is 2. The molecule has 2 aliphatic heterocycles. The number of aromatic nitrogens is 2. The van der Waals surface area contributed by atoms with E-state index in [-0.39, 0.29) is 12.8 Å². The predicted molar refractivity (Wildman–Crippen MR) is 152 cm³/mol.